The number of aliphatic imine (C=N–C) groups is 1. The van der Waals surface area contributed by atoms with Crippen molar-refractivity contribution in [2.75, 3.05) is 129 Å². The summed E-state index contributed by atoms with van der Waals surface area (Å²) in [4.78, 5) is 96.6. The Morgan fingerprint density at radius 2 is 1.39 bits per heavy atom. The Labute approximate surface area is 513 Å². The van der Waals surface area contributed by atoms with Gasteiger partial charge in [-0.05, 0) is 132 Å². The third kappa shape index (κ3) is 18.2. The molecule has 3 saturated heterocycles. The number of benzene rings is 3. The van der Waals surface area contributed by atoms with E-state index < -0.39 is 53.2 Å². The highest BCUT2D eigenvalue weighted by atomic mass is 35.5. The minimum absolute atomic E-state index is 0.0551. The second-order valence-electron chi connectivity index (χ2n) is 21.6. The number of likely N-dealkylation sites (tertiary alicyclic amines) is 2. The third-order valence-corrected chi connectivity index (χ3v) is 17.2. The predicted octanol–water partition coefficient (Wildman–Crippen LogP) is 6.06. The lowest BCUT2D eigenvalue weighted by molar-refractivity contribution is -0.138. The number of ketones is 1. The molecule has 3 aromatic carbocycles. The Bertz CT molecular complexity index is 3050. The van der Waals surface area contributed by atoms with Gasteiger partial charge in [-0.2, -0.15) is 0 Å². The van der Waals surface area contributed by atoms with Crippen LogP contribution in [-0.2, 0) is 33.3 Å². The number of hydrogen-bond donors (Lipinski definition) is 4. The van der Waals surface area contributed by atoms with Crippen LogP contribution in [0.25, 0.3) is 0 Å². The molecular formula is C61H76ClF3N10O11S. The molecule has 5 amide bonds. The molecule has 0 spiro atoms. The number of nitrogen functional groups attached to an aromatic ring is 1. The smallest absolute Gasteiger partial charge is 0.257 e. The molecule has 0 aliphatic carbocycles. The van der Waals surface area contributed by atoms with Gasteiger partial charge in [-0.25, -0.2) is 18.2 Å². The minimum Gasteiger partial charge on any atom is -0.482 e. The first-order valence-electron chi connectivity index (χ1n) is 29.3. The maximum Gasteiger partial charge on any atom is 0.257 e. The number of carbonyl (C=O) groups is 6. The number of rotatable bonds is 29. The molecule has 5 N–H and O–H groups in total. The second-order valence-corrected chi connectivity index (χ2v) is 23.0. The molecule has 1 unspecified atom stereocenters. The van der Waals surface area contributed by atoms with Crippen LogP contribution < -0.4 is 26.4 Å². The van der Waals surface area contributed by atoms with Gasteiger partial charge in [-0.15, -0.1) is 11.8 Å². The van der Waals surface area contributed by atoms with E-state index in [1.165, 1.54) is 55.2 Å². The van der Waals surface area contributed by atoms with Crippen LogP contribution >= 0.6 is 23.4 Å². The number of piperidine rings is 1. The van der Waals surface area contributed by atoms with Crippen molar-refractivity contribution >= 4 is 75.2 Å². The minimum atomic E-state index is -1.16. The molecule has 0 saturated carbocycles. The van der Waals surface area contributed by atoms with Crippen molar-refractivity contribution in [3.05, 3.63) is 118 Å². The van der Waals surface area contributed by atoms with Crippen molar-refractivity contribution < 1.29 is 65.6 Å². The number of piperazine rings is 1. The molecule has 87 heavy (non-hydrogen) atoms. The van der Waals surface area contributed by atoms with E-state index in [0.29, 0.717) is 108 Å². The summed E-state index contributed by atoms with van der Waals surface area (Å²) in [7, 11) is 1.71. The highest BCUT2D eigenvalue weighted by Crippen LogP contribution is 2.34. The molecule has 0 radical (unpaired) electrons. The van der Waals surface area contributed by atoms with Crippen molar-refractivity contribution in [2.24, 2.45) is 10.9 Å². The van der Waals surface area contributed by atoms with Crippen molar-refractivity contribution in [2.45, 2.75) is 76.2 Å². The molecule has 26 heteroatoms. The topological polar surface area (TPSA) is 249 Å². The molecular weight excluding hydrogens is 1170 g/mol. The van der Waals surface area contributed by atoms with Gasteiger partial charge in [0.2, 0.25) is 17.7 Å². The third-order valence-electron chi connectivity index (χ3n) is 15.8. The zero-order valence-corrected chi connectivity index (χ0v) is 50.7. The molecule has 5 atom stereocenters. The molecule has 3 fully saturated rings. The number of anilines is 2. The number of nitrogens with two attached hydrogens (primary N) is 1. The van der Waals surface area contributed by atoms with Crippen molar-refractivity contribution in [3.8, 4) is 5.75 Å². The van der Waals surface area contributed by atoms with E-state index in [0.717, 1.165) is 55.9 Å². The zero-order chi connectivity index (χ0) is 62.0. The van der Waals surface area contributed by atoms with Crippen LogP contribution in [0, 0.1) is 23.4 Å². The largest absolute Gasteiger partial charge is 0.482 e. The molecule has 4 aliphatic heterocycles. The predicted molar refractivity (Wildman–Crippen MR) is 323 cm³/mol. The number of Topliss-reactive ketones (excluding diaryl/α,β-unsaturated/α-hetero) is 1. The molecule has 4 aliphatic rings. The van der Waals surface area contributed by atoms with Gasteiger partial charge in [0.25, 0.3) is 11.8 Å². The Morgan fingerprint density at radius 1 is 0.759 bits per heavy atom. The lowest BCUT2D eigenvalue weighted by atomic mass is 9.88. The number of amides is 5. The summed E-state index contributed by atoms with van der Waals surface area (Å²) < 4.78 is 71.1. The van der Waals surface area contributed by atoms with E-state index in [1.807, 2.05) is 4.90 Å². The number of pyridine rings is 1. The number of carbonyl (C=O) groups excluding carboxylic acids is 6. The number of likely N-dealkylation sites (N-methyl/N-ethyl adjacent to an activating group) is 1. The van der Waals surface area contributed by atoms with Crippen molar-refractivity contribution in [3.63, 3.8) is 0 Å². The highest BCUT2D eigenvalue weighted by Gasteiger charge is 2.43. The van der Waals surface area contributed by atoms with Gasteiger partial charge in [-0.1, -0.05) is 11.6 Å². The van der Waals surface area contributed by atoms with Crippen LogP contribution in [0.2, 0.25) is 5.02 Å². The monoisotopic (exact) mass is 1250 g/mol. The summed E-state index contributed by atoms with van der Waals surface area (Å²) >= 11 is 7.32. The normalized spacial score (nSPS) is 18.5. The average Bonchev–Trinajstić information content (AvgIpc) is 3.78. The number of aromatic nitrogens is 1. The molecule has 5 heterocycles. The van der Waals surface area contributed by atoms with Crippen LogP contribution in [0.4, 0.5) is 24.7 Å². The van der Waals surface area contributed by atoms with Gasteiger partial charge in [0.1, 0.15) is 29.8 Å². The van der Waals surface area contributed by atoms with E-state index in [2.05, 4.69) is 25.8 Å². The van der Waals surface area contributed by atoms with Crippen molar-refractivity contribution in [1.82, 2.24) is 35.2 Å². The van der Waals surface area contributed by atoms with E-state index in [9.17, 15) is 41.9 Å². The fraction of sp³-hybridized carbons (Fsp3) is 0.508. The fourth-order valence-corrected chi connectivity index (χ4v) is 12.0. The summed E-state index contributed by atoms with van der Waals surface area (Å²) in [5.41, 5.74) is 6.79. The van der Waals surface area contributed by atoms with Gasteiger partial charge in [0, 0.05) is 68.0 Å². The highest BCUT2D eigenvalue weighted by molar-refractivity contribution is 8.14. The van der Waals surface area contributed by atoms with E-state index >= 15 is 0 Å². The van der Waals surface area contributed by atoms with Crippen LogP contribution in [-0.4, -0.2) is 207 Å². The average molecular weight is 1250 g/mol. The summed E-state index contributed by atoms with van der Waals surface area (Å²) in [6.07, 6.45) is 3.20. The lowest BCUT2D eigenvalue weighted by Crippen LogP contribution is -2.58. The van der Waals surface area contributed by atoms with E-state index in [4.69, 9.17) is 46.0 Å². The molecule has 8 rings (SSSR count). The fourth-order valence-electron chi connectivity index (χ4n) is 10.6. The van der Waals surface area contributed by atoms with Crippen LogP contribution in [0.1, 0.15) is 88.7 Å². The summed E-state index contributed by atoms with van der Waals surface area (Å²) in [5.74, 6) is -3.44. The zero-order valence-electron chi connectivity index (χ0n) is 49.1. The quantitative estimate of drug-likeness (QED) is 0.0274. The standard InChI is InChI=1S/C61H76ClF3N10O11S/c1-38(67-3)57(78)71-54(61(81)75-19-4-5-49(75)59-70-48(37-87-59)55(77)41-6-10-44(63)11-7-41)40-16-20-72(21-17-40)26-28-83-30-32-85-34-33-84-31-29-82-27-18-51(76)73-22-24-74(25-23-73)60(80)42-8-12-45(13-9-42)69-58(79)43-35-50(56(66)68-36-43)86-39(2)52-47(64)15-14-46(62)53(52)65/h6-15,35-36,38-40,48-49,54,67H,4-5,16-34,37H2,1-3H3,(H2,66,68)(H,69,79)(H,71,78)/t38-,39-,48?,49-,54-/m1/s1. The number of nitrogens with zero attached hydrogens (tertiary/aromatic N) is 6. The van der Waals surface area contributed by atoms with Crippen LogP contribution in [0.15, 0.2) is 77.9 Å². The number of nitrogens with one attached hydrogen (secondary N) is 3. The Hall–Kier alpha value is -6.71. The van der Waals surface area contributed by atoms with Gasteiger partial charge in [-0.3, -0.25) is 33.8 Å². The Balaban J connectivity index is 0.641. The van der Waals surface area contributed by atoms with E-state index in [-0.39, 0.29) is 76.6 Å². The first kappa shape index (κ1) is 66.2. The Morgan fingerprint density at radius 3 is 2.06 bits per heavy atom. The number of ether oxygens (including phenoxy) is 5. The van der Waals surface area contributed by atoms with Crippen molar-refractivity contribution in [1.29, 1.82) is 0 Å². The maximum absolute atomic E-state index is 14.6. The lowest BCUT2D eigenvalue weighted by Gasteiger charge is -2.38. The van der Waals surface area contributed by atoms with Crippen LogP contribution in [0.3, 0.4) is 0 Å². The molecule has 0 bridgehead atoms. The molecule has 4 aromatic rings. The Kier molecular flexibility index (Phi) is 24.7. The van der Waals surface area contributed by atoms with Gasteiger partial charge < -0.3 is 65.0 Å². The summed E-state index contributed by atoms with van der Waals surface area (Å²) in [6.45, 7) is 10.3. The van der Waals surface area contributed by atoms with Crippen LogP contribution in [0.5, 0.6) is 5.75 Å². The molecule has 1 aromatic heterocycles. The molecule has 470 valence electrons. The summed E-state index contributed by atoms with van der Waals surface area (Å²) in [5, 5.41) is 9.25. The van der Waals surface area contributed by atoms with Gasteiger partial charge in [0.05, 0.1) is 92.6 Å². The number of thioether (sulfide) groups is 1. The SMILES string of the molecule is CN[C@H](C)C(=O)N[C@@H](C(=O)N1CCC[C@@H]1C1=NC(C(=O)c2ccc(F)cc2)CS1)C1CCN(CCOCCOCCOCCOCCC(=O)N2CCN(C(=O)c3ccc(NC(=O)c4cnc(N)c(O[C@H](C)c5c(F)ccc(Cl)c5F)c4)cc3)CC2)CC1. The molecule has 21 nitrogen and oxygen atoms in total. The first-order valence-corrected chi connectivity index (χ1v) is 30.7. The first-order chi connectivity index (χ1) is 42.0. The maximum atomic E-state index is 14.6. The van der Waals surface area contributed by atoms with E-state index in [1.54, 1.807) is 48.0 Å². The number of halogens is 4. The number of hydrogen-bond acceptors (Lipinski definition) is 17. The second kappa shape index (κ2) is 32.5. The van der Waals surface area contributed by atoms with Gasteiger partial charge >= 0.3 is 0 Å². The summed E-state index contributed by atoms with van der Waals surface area (Å²) in [6, 6.07) is 13.2. The van der Waals surface area contributed by atoms with Gasteiger partial charge in [0.15, 0.2) is 23.2 Å².